The number of amides is 1. The number of aromatic carboxylic acids is 1. The maximum absolute atomic E-state index is 12.8. The second-order valence-corrected chi connectivity index (χ2v) is 8.59. The molecule has 1 heterocycles. The number of hydrogen-bond donors (Lipinski definition) is 1. The van der Waals surface area contributed by atoms with Gasteiger partial charge in [0.2, 0.25) is 0 Å². The molecule has 0 unspecified atom stereocenters. The Labute approximate surface area is 198 Å². The molecular formula is C22H21IN2O5S. The van der Waals surface area contributed by atoms with Gasteiger partial charge in [0, 0.05) is 7.05 Å². The van der Waals surface area contributed by atoms with E-state index in [0.717, 1.165) is 9.13 Å². The summed E-state index contributed by atoms with van der Waals surface area (Å²) in [6.07, 6.45) is 1.79. The summed E-state index contributed by atoms with van der Waals surface area (Å²) in [5.41, 5.74) is 1.43. The molecule has 0 radical (unpaired) electrons. The van der Waals surface area contributed by atoms with Crippen molar-refractivity contribution in [2.75, 3.05) is 20.3 Å². The number of ether oxygens (including phenoxy) is 2. The first-order chi connectivity index (χ1) is 14.8. The Morgan fingerprint density at radius 1 is 1.23 bits per heavy atom. The van der Waals surface area contributed by atoms with Gasteiger partial charge in [0.15, 0.2) is 16.7 Å². The molecule has 0 aliphatic carbocycles. The molecule has 0 atom stereocenters. The molecule has 1 saturated heterocycles. The topological polar surface area (TPSA) is 88.4 Å². The molecule has 0 saturated carbocycles. The SMILES string of the molecule is CCOc1cc(/C=C2/SC(=Nc3cccc(C(=O)O)c3)N(C)C2=O)cc(I)c1OCC. The van der Waals surface area contributed by atoms with Gasteiger partial charge in [-0.2, -0.15) is 0 Å². The molecule has 0 bridgehead atoms. The number of rotatable bonds is 7. The van der Waals surface area contributed by atoms with Crippen molar-refractivity contribution >= 4 is 63.2 Å². The number of benzene rings is 2. The second kappa shape index (κ2) is 10.2. The molecule has 1 aliphatic heterocycles. The van der Waals surface area contributed by atoms with Crippen LogP contribution in [0.2, 0.25) is 0 Å². The van der Waals surface area contributed by atoms with E-state index in [-0.39, 0.29) is 11.5 Å². The molecular weight excluding hydrogens is 531 g/mol. The largest absolute Gasteiger partial charge is 0.490 e. The maximum Gasteiger partial charge on any atom is 0.335 e. The van der Waals surface area contributed by atoms with Crippen molar-refractivity contribution in [2.45, 2.75) is 13.8 Å². The minimum Gasteiger partial charge on any atom is -0.490 e. The van der Waals surface area contributed by atoms with Crippen LogP contribution in [0.5, 0.6) is 11.5 Å². The number of carboxylic acid groups (broad SMARTS) is 1. The van der Waals surface area contributed by atoms with E-state index in [9.17, 15) is 9.59 Å². The van der Waals surface area contributed by atoms with Crippen LogP contribution in [0.3, 0.4) is 0 Å². The smallest absolute Gasteiger partial charge is 0.335 e. The van der Waals surface area contributed by atoms with Crippen molar-refractivity contribution < 1.29 is 24.2 Å². The van der Waals surface area contributed by atoms with Gasteiger partial charge in [-0.05, 0) is 90.2 Å². The quantitative estimate of drug-likeness (QED) is 0.384. The molecule has 7 nitrogen and oxygen atoms in total. The molecule has 3 rings (SSSR count). The van der Waals surface area contributed by atoms with E-state index in [1.54, 1.807) is 25.3 Å². The van der Waals surface area contributed by atoms with E-state index in [1.165, 1.54) is 28.8 Å². The lowest BCUT2D eigenvalue weighted by Gasteiger charge is -2.13. The zero-order chi connectivity index (χ0) is 22.5. The summed E-state index contributed by atoms with van der Waals surface area (Å²) in [5.74, 6) is 0.114. The van der Waals surface area contributed by atoms with Gasteiger partial charge >= 0.3 is 5.97 Å². The lowest BCUT2D eigenvalue weighted by Crippen LogP contribution is -2.23. The van der Waals surface area contributed by atoms with Crippen LogP contribution < -0.4 is 9.47 Å². The Hall–Kier alpha value is -2.53. The molecule has 1 N–H and O–H groups in total. The van der Waals surface area contributed by atoms with Gasteiger partial charge < -0.3 is 14.6 Å². The average molecular weight is 552 g/mol. The fourth-order valence-electron chi connectivity index (χ4n) is 2.84. The zero-order valence-corrected chi connectivity index (χ0v) is 20.2. The lowest BCUT2D eigenvalue weighted by molar-refractivity contribution is -0.121. The van der Waals surface area contributed by atoms with E-state index in [1.807, 2.05) is 26.0 Å². The van der Waals surface area contributed by atoms with Crippen LogP contribution in [-0.4, -0.2) is 47.3 Å². The number of nitrogens with zero attached hydrogens (tertiary/aromatic N) is 2. The zero-order valence-electron chi connectivity index (χ0n) is 17.2. The predicted octanol–water partition coefficient (Wildman–Crippen LogP) is 5.02. The Morgan fingerprint density at radius 3 is 2.65 bits per heavy atom. The van der Waals surface area contributed by atoms with Gasteiger partial charge in [-0.3, -0.25) is 9.69 Å². The highest BCUT2D eigenvalue weighted by atomic mass is 127. The van der Waals surface area contributed by atoms with Crippen molar-refractivity contribution in [2.24, 2.45) is 4.99 Å². The number of likely N-dealkylation sites (N-methyl/N-ethyl adjacent to an activating group) is 1. The first-order valence-corrected chi connectivity index (χ1v) is 11.4. The molecule has 162 valence electrons. The average Bonchev–Trinajstić information content (AvgIpc) is 2.99. The number of hydrogen-bond acceptors (Lipinski definition) is 6. The van der Waals surface area contributed by atoms with Crippen LogP contribution in [0.1, 0.15) is 29.8 Å². The fourth-order valence-corrected chi connectivity index (χ4v) is 4.61. The van der Waals surface area contributed by atoms with Crippen LogP contribution in [0, 0.1) is 3.57 Å². The molecule has 9 heteroatoms. The Bertz CT molecular complexity index is 1080. The highest BCUT2D eigenvalue weighted by Gasteiger charge is 2.30. The molecule has 0 spiro atoms. The molecule has 0 aromatic heterocycles. The molecule has 2 aromatic rings. The van der Waals surface area contributed by atoms with Gasteiger partial charge in [0.05, 0.1) is 32.9 Å². The molecule has 2 aromatic carbocycles. The second-order valence-electron chi connectivity index (χ2n) is 6.42. The number of halogens is 1. The molecule has 1 aliphatic rings. The fraction of sp³-hybridized carbons (Fsp3) is 0.227. The Kier molecular flexibility index (Phi) is 7.60. The number of thioether (sulfide) groups is 1. The van der Waals surface area contributed by atoms with Crippen molar-refractivity contribution in [1.29, 1.82) is 0 Å². The predicted molar refractivity (Wildman–Crippen MR) is 130 cm³/mol. The highest BCUT2D eigenvalue weighted by molar-refractivity contribution is 14.1. The van der Waals surface area contributed by atoms with Gasteiger partial charge in [-0.1, -0.05) is 6.07 Å². The molecule has 1 amide bonds. The summed E-state index contributed by atoms with van der Waals surface area (Å²) in [4.78, 5) is 30.4. The van der Waals surface area contributed by atoms with Crippen LogP contribution in [0.25, 0.3) is 6.08 Å². The normalized spacial score (nSPS) is 16.3. The van der Waals surface area contributed by atoms with Gasteiger partial charge in [-0.15, -0.1) is 0 Å². The standard InChI is InChI=1S/C22H21IN2O5S/c1-4-29-17-10-13(9-16(23)19(17)30-5-2)11-18-20(26)25(3)22(31-18)24-15-8-6-7-14(12-15)21(27)28/h6-12H,4-5H2,1-3H3,(H,27,28)/b18-11+,24-22?. The summed E-state index contributed by atoms with van der Waals surface area (Å²) in [6.45, 7) is 4.84. The van der Waals surface area contributed by atoms with Crippen molar-refractivity contribution in [3.8, 4) is 11.5 Å². The summed E-state index contributed by atoms with van der Waals surface area (Å²) >= 11 is 3.43. The van der Waals surface area contributed by atoms with Crippen molar-refractivity contribution in [3.05, 3.63) is 56.0 Å². The minimum atomic E-state index is -1.03. The first kappa shape index (κ1) is 23.1. The van der Waals surface area contributed by atoms with E-state index in [4.69, 9.17) is 14.6 Å². The third kappa shape index (κ3) is 5.40. The Morgan fingerprint density at radius 2 is 1.97 bits per heavy atom. The van der Waals surface area contributed by atoms with Gasteiger partial charge in [0.1, 0.15) is 0 Å². The lowest BCUT2D eigenvalue weighted by atomic mass is 10.2. The Balaban J connectivity index is 1.93. The third-order valence-corrected chi connectivity index (χ3v) is 6.10. The van der Waals surface area contributed by atoms with E-state index in [0.29, 0.717) is 40.5 Å². The summed E-state index contributed by atoms with van der Waals surface area (Å²) in [5, 5.41) is 9.64. The van der Waals surface area contributed by atoms with Gasteiger partial charge in [-0.25, -0.2) is 9.79 Å². The van der Waals surface area contributed by atoms with Crippen LogP contribution in [-0.2, 0) is 4.79 Å². The van der Waals surface area contributed by atoms with Crippen LogP contribution in [0.4, 0.5) is 5.69 Å². The maximum atomic E-state index is 12.8. The highest BCUT2D eigenvalue weighted by Crippen LogP contribution is 2.37. The van der Waals surface area contributed by atoms with Crippen LogP contribution in [0.15, 0.2) is 46.3 Å². The summed E-state index contributed by atoms with van der Waals surface area (Å²) in [6, 6.07) is 10.1. The number of carbonyl (C=O) groups excluding carboxylic acids is 1. The minimum absolute atomic E-state index is 0.141. The van der Waals surface area contributed by atoms with Crippen LogP contribution >= 0.6 is 34.4 Å². The van der Waals surface area contributed by atoms with E-state index >= 15 is 0 Å². The number of aliphatic imine (C=N–C) groups is 1. The van der Waals surface area contributed by atoms with Crippen molar-refractivity contribution in [1.82, 2.24) is 4.90 Å². The van der Waals surface area contributed by atoms with Crippen molar-refractivity contribution in [3.63, 3.8) is 0 Å². The monoisotopic (exact) mass is 552 g/mol. The number of amidine groups is 1. The number of carbonyl (C=O) groups is 2. The third-order valence-electron chi connectivity index (χ3n) is 4.24. The first-order valence-electron chi connectivity index (χ1n) is 9.52. The molecule has 31 heavy (non-hydrogen) atoms. The summed E-state index contributed by atoms with van der Waals surface area (Å²) in [7, 11) is 1.64. The number of carboxylic acids is 1. The molecule has 1 fully saturated rings. The van der Waals surface area contributed by atoms with Gasteiger partial charge in [0.25, 0.3) is 5.91 Å². The van der Waals surface area contributed by atoms with E-state index in [2.05, 4.69) is 27.6 Å². The van der Waals surface area contributed by atoms with E-state index < -0.39 is 5.97 Å². The summed E-state index contributed by atoms with van der Waals surface area (Å²) < 4.78 is 12.3.